The third kappa shape index (κ3) is 2.64. The summed E-state index contributed by atoms with van der Waals surface area (Å²) in [5.74, 6) is 0.0341. The predicted molar refractivity (Wildman–Crippen MR) is 70.1 cm³/mol. The number of rotatable bonds is 4. The van der Waals surface area contributed by atoms with Crippen LogP contribution in [0.5, 0.6) is 0 Å². The van der Waals surface area contributed by atoms with Crippen LogP contribution >= 0.6 is 0 Å². The van der Waals surface area contributed by atoms with Crippen molar-refractivity contribution in [2.75, 3.05) is 0 Å². The normalized spacial score (nSPS) is 25.3. The maximum absolute atomic E-state index is 12.5. The first-order chi connectivity index (χ1) is 9.04. The molecule has 0 bridgehead atoms. The molecule has 1 N–H and O–H groups in total. The summed E-state index contributed by atoms with van der Waals surface area (Å²) in [6, 6.07) is 0.952. The summed E-state index contributed by atoms with van der Waals surface area (Å²) in [6.45, 7) is 6.16. The minimum Gasteiger partial charge on any atom is -0.472 e. The van der Waals surface area contributed by atoms with Crippen molar-refractivity contribution in [3.05, 3.63) is 24.2 Å². The topological polar surface area (TPSA) is 62.6 Å². The molecule has 1 aliphatic rings. The summed E-state index contributed by atoms with van der Waals surface area (Å²) < 4.78 is 5.01. The number of furan rings is 1. The Labute approximate surface area is 113 Å². The van der Waals surface area contributed by atoms with Crippen molar-refractivity contribution in [1.82, 2.24) is 10.2 Å². The summed E-state index contributed by atoms with van der Waals surface area (Å²) in [6.07, 6.45) is 4.02. The first-order valence-electron chi connectivity index (χ1n) is 6.66. The third-order valence-electron chi connectivity index (χ3n) is 3.84. The van der Waals surface area contributed by atoms with E-state index in [1.54, 1.807) is 24.3 Å². The predicted octanol–water partition coefficient (Wildman–Crippen LogP) is 1.54. The van der Waals surface area contributed by atoms with Gasteiger partial charge in [-0.25, -0.2) is 0 Å². The number of hydrogen-bond acceptors (Lipinski definition) is 3. The molecule has 2 rings (SSSR count). The molecule has 1 fully saturated rings. The van der Waals surface area contributed by atoms with Gasteiger partial charge in [0.15, 0.2) is 0 Å². The largest absolute Gasteiger partial charge is 0.472 e. The zero-order chi connectivity index (χ0) is 14.0. The highest BCUT2D eigenvalue weighted by atomic mass is 16.3. The molecule has 2 heterocycles. The van der Waals surface area contributed by atoms with Gasteiger partial charge in [0, 0.05) is 12.1 Å². The molecule has 0 saturated carbocycles. The summed E-state index contributed by atoms with van der Waals surface area (Å²) in [7, 11) is 0. The van der Waals surface area contributed by atoms with Gasteiger partial charge in [0.25, 0.3) is 0 Å². The molecule has 3 atom stereocenters. The summed E-state index contributed by atoms with van der Waals surface area (Å²) in [5.41, 5.74) is 0.901. The summed E-state index contributed by atoms with van der Waals surface area (Å²) in [5, 5.41) is 2.82. The molecule has 5 heteroatoms. The smallest absolute Gasteiger partial charge is 0.246 e. The Morgan fingerprint density at radius 3 is 2.79 bits per heavy atom. The lowest BCUT2D eigenvalue weighted by Crippen LogP contribution is -2.63. The van der Waals surface area contributed by atoms with Crippen LogP contribution in [-0.2, 0) is 16.1 Å². The van der Waals surface area contributed by atoms with E-state index in [9.17, 15) is 9.59 Å². The van der Waals surface area contributed by atoms with Crippen LogP contribution in [0.1, 0.15) is 32.8 Å². The van der Waals surface area contributed by atoms with Gasteiger partial charge in [-0.1, -0.05) is 20.3 Å². The van der Waals surface area contributed by atoms with E-state index in [0.717, 1.165) is 12.0 Å². The summed E-state index contributed by atoms with van der Waals surface area (Å²) >= 11 is 0. The highest BCUT2D eigenvalue weighted by molar-refractivity contribution is 5.96. The van der Waals surface area contributed by atoms with Gasteiger partial charge < -0.3 is 14.6 Å². The van der Waals surface area contributed by atoms with Gasteiger partial charge in [0.05, 0.1) is 12.5 Å². The van der Waals surface area contributed by atoms with Crippen LogP contribution in [0.3, 0.4) is 0 Å². The second-order valence-corrected chi connectivity index (χ2v) is 5.15. The van der Waals surface area contributed by atoms with Crippen molar-refractivity contribution in [3.8, 4) is 0 Å². The Hall–Kier alpha value is -1.78. The molecule has 0 spiro atoms. The SMILES string of the molecule is CCC(C)C1NC(=O)C(C)N(Cc2ccoc2)C1=O. The maximum atomic E-state index is 12.5. The molecule has 0 radical (unpaired) electrons. The van der Waals surface area contributed by atoms with Crippen LogP contribution in [0.25, 0.3) is 0 Å². The molecule has 0 aliphatic carbocycles. The van der Waals surface area contributed by atoms with Gasteiger partial charge in [-0.05, 0) is 18.9 Å². The third-order valence-corrected chi connectivity index (χ3v) is 3.84. The van der Waals surface area contributed by atoms with Gasteiger partial charge >= 0.3 is 0 Å². The average molecular weight is 264 g/mol. The first kappa shape index (κ1) is 13.6. The van der Waals surface area contributed by atoms with Crippen LogP contribution in [-0.4, -0.2) is 28.8 Å². The van der Waals surface area contributed by atoms with Gasteiger partial charge in [-0.2, -0.15) is 0 Å². The van der Waals surface area contributed by atoms with Crippen LogP contribution in [0.15, 0.2) is 23.0 Å². The van der Waals surface area contributed by atoms with E-state index < -0.39 is 12.1 Å². The average Bonchev–Trinajstić information content (AvgIpc) is 2.91. The van der Waals surface area contributed by atoms with Crippen molar-refractivity contribution in [2.45, 2.75) is 45.8 Å². The zero-order valence-corrected chi connectivity index (χ0v) is 11.6. The Morgan fingerprint density at radius 2 is 2.21 bits per heavy atom. The van der Waals surface area contributed by atoms with Gasteiger partial charge in [-0.15, -0.1) is 0 Å². The molecular weight excluding hydrogens is 244 g/mol. The fraction of sp³-hybridized carbons (Fsp3) is 0.571. The van der Waals surface area contributed by atoms with Crippen LogP contribution in [0, 0.1) is 5.92 Å². The van der Waals surface area contributed by atoms with Gasteiger partial charge in [0.2, 0.25) is 11.8 Å². The van der Waals surface area contributed by atoms with Gasteiger partial charge in [-0.3, -0.25) is 9.59 Å². The molecule has 1 aromatic heterocycles. The molecule has 2 amide bonds. The molecule has 0 aromatic carbocycles. The molecule has 19 heavy (non-hydrogen) atoms. The standard InChI is InChI=1S/C14H20N2O3/c1-4-9(2)12-14(18)16(10(3)13(17)15-12)7-11-5-6-19-8-11/h5-6,8-10,12H,4,7H2,1-3H3,(H,15,17). The van der Waals surface area contributed by atoms with Gasteiger partial charge in [0.1, 0.15) is 12.1 Å². The highest BCUT2D eigenvalue weighted by Gasteiger charge is 2.39. The van der Waals surface area contributed by atoms with Crippen LogP contribution in [0.2, 0.25) is 0 Å². The Balaban J connectivity index is 2.19. The van der Waals surface area contributed by atoms with E-state index in [4.69, 9.17) is 4.42 Å². The fourth-order valence-electron chi connectivity index (χ4n) is 2.26. The minimum absolute atomic E-state index is 0.0114. The van der Waals surface area contributed by atoms with Crippen molar-refractivity contribution in [1.29, 1.82) is 0 Å². The lowest BCUT2D eigenvalue weighted by molar-refractivity contribution is -0.150. The van der Waals surface area contributed by atoms with Crippen molar-refractivity contribution >= 4 is 11.8 Å². The monoisotopic (exact) mass is 264 g/mol. The van der Waals surface area contributed by atoms with Crippen molar-refractivity contribution in [2.24, 2.45) is 5.92 Å². The van der Waals surface area contributed by atoms with Crippen molar-refractivity contribution < 1.29 is 14.0 Å². The highest BCUT2D eigenvalue weighted by Crippen LogP contribution is 2.20. The van der Waals surface area contributed by atoms with Crippen LogP contribution < -0.4 is 5.32 Å². The van der Waals surface area contributed by atoms with E-state index >= 15 is 0 Å². The number of piperazine rings is 1. The number of nitrogens with one attached hydrogen (secondary N) is 1. The molecule has 1 aromatic rings. The van der Waals surface area contributed by atoms with E-state index in [2.05, 4.69) is 5.32 Å². The Bertz CT molecular complexity index is 455. The Morgan fingerprint density at radius 1 is 1.47 bits per heavy atom. The number of amides is 2. The molecule has 1 saturated heterocycles. The number of nitrogens with zero attached hydrogens (tertiary/aromatic N) is 1. The lowest BCUT2D eigenvalue weighted by Gasteiger charge is -2.39. The fourth-order valence-corrected chi connectivity index (χ4v) is 2.26. The maximum Gasteiger partial charge on any atom is 0.246 e. The quantitative estimate of drug-likeness (QED) is 0.897. The molecule has 104 valence electrons. The molecule has 3 unspecified atom stereocenters. The van der Waals surface area contributed by atoms with Crippen LogP contribution in [0.4, 0.5) is 0 Å². The number of carbonyl (C=O) groups excluding carboxylic acids is 2. The van der Waals surface area contributed by atoms with E-state index in [0.29, 0.717) is 6.54 Å². The minimum atomic E-state index is -0.442. The lowest BCUT2D eigenvalue weighted by atomic mass is 9.94. The summed E-state index contributed by atoms with van der Waals surface area (Å²) in [4.78, 5) is 26.1. The van der Waals surface area contributed by atoms with E-state index in [1.165, 1.54) is 0 Å². The second kappa shape index (κ2) is 5.47. The second-order valence-electron chi connectivity index (χ2n) is 5.15. The van der Waals surface area contributed by atoms with Crippen molar-refractivity contribution in [3.63, 3.8) is 0 Å². The number of carbonyl (C=O) groups is 2. The number of hydrogen-bond donors (Lipinski definition) is 1. The molecule has 1 aliphatic heterocycles. The van der Waals surface area contributed by atoms with E-state index in [-0.39, 0.29) is 17.7 Å². The zero-order valence-electron chi connectivity index (χ0n) is 11.6. The Kier molecular flexibility index (Phi) is 3.93. The molecular formula is C14H20N2O3. The molecule has 5 nitrogen and oxygen atoms in total. The van der Waals surface area contributed by atoms with E-state index in [1.807, 2.05) is 19.9 Å². The first-order valence-corrected chi connectivity index (χ1v) is 6.66.